The third-order valence-electron chi connectivity index (χ3n) is 2.34. The minimum Gasteiger partial charge on any atom is -0.352 e. The molecule has 1 N–H and O–H groups in total. The first kappa shape index (κ1) is 16.8. The van der Waals surface area contributed by atoms with Crippen LogP contribution < -0.4 is 5.32 Å². The highest BCUT2D eigenvalue weighted by atomic mass is 79.9. The fraction of sp³-hybridized carbons (Fsp3) is 0.364. The molecule has 0 saturated heterocycles. The number of amides is 1. The van der Waals surface area contributed by atoms with Crippen LogP contribution in [-0.2, 0) is 9.05 Å². The average Bonchev–Trinajstić information content (AvgIpc) is 2.31. The SMILES string of the molecule is CCCCNC(=O)c1cc(S(=O)(=O)Cl)cc(Br)c1Cl. The Hall–Kier alpha value is -0.300. The van der Waals surface area contributed by atoms with Gasteiger partial charge in [0.2, 0.25) is 0 Å². The number of carbonyl (C=O) groups excluding carboxylic acids is 1. The zero-order valence-corrected chi connectivity index (χ0v) is 14.0. The van der Waals surface area contributed by atoms with Crippen molar-refractivity contribution in [3.63, 3.8) is 0 Å². The summed E-state index contributed by atoms with van der Waals surface area (Å²) < 4.78 is 22.9. The van der Waals surface area contributed by atoms with Crippen molar-refractivity contribution in [2.45, 2.75) is 24.7 Å². The van der Waals surface area contributed by atoms with Gasteiger partial charge >= 0.3 is 0 Å². The third-order valence-corrected chi connectivity index (χ3v) is 4.94. The second-order valence-corrected chi connectivity index (χ2v) is 7.61. The molecule has 106 valence electrons. The molecule has 19 heavy (non-hydrogen) atoms. The number of carbonyl (C=O) groups is 1. The molecule has 0 bridgehead atoms. The summed E-state index contributed by atoms with van der Waals surface area (Å²) in [6.45, 7) is 2.50. The van der Waals surface area contributed by atoms with Crippen LogP contribution in [0.4, 0.5) is 0 Å². The van der Waals surface area contributed by atoms with E-state index in [9.17, 15) is 13.2 Å². The highest BCUT2D eigenvalue weighted by Gasteiger charge is 2.19. The lowest BCUT2D eigenvalue weighted by molar-refractivity contribution is 0.0953. The van der Waals surface area contributed by atoms with Gasteiger partial charge in [-0.1, -0.05) is 24.9 Å². The van der Waals surface area contributed by atoms with Gasteiger partial charge in [0.15, 0.2) is 0 Å². The molecule has 0 fully saturated rings. The molecule has 0 aliphatic rings. The molecule has 0 heterocycles. The van der Waals surface area contributed by atoms with E-state index in [2.05, 4.69) is 21.2 Å². The highest BCUT2D eigenvalue weighted by molar-refractivity contribution is 9.10. The predicted molar refractivity (Wildman–Crippen MR) is 79.4 cm³/mol. The van der Waals surface area contributed by atoms with E-state index in [1.165, 1.54) is 6.07 Å². The van der Waals surface area contributed by atoms with Gasteiger partial charge in [-0.15, -0.1) is 0 Å². The van der Waals surface area contributed by atoms with E-state index < -0.39 is 15.0 Å². The van der Waals surface area contributed by atoms with Crippen molar-refractivity contribution in [2.24, 2.45) is 0 Å². The molecule has 1 rings (SSSR count). The Bertz CT molecular complexity index is 590. The van der Waals surface area contributed by atoms with Gasteiger partial charge in [0, 0.05) is 21.7 Å². The van der Waals surface area contributed by atoms with Gasteiger partial charge in [0.05, 0.1) is 15.5 Å². The molecule has 0 aliphatic carbocycles. The summed E-state index contributed by atoms with van der Waals surface area (Å²) >= 11 is 9.08. The van der Waals surface area contributed by atoms with Crippen LogP contribution in [0, 0.1) is 0 Å². The van der Waals surface area contributed by atoms with Crippen molar-refractivity contribution in [1.29, 1.82) is 0 Å². The molecule has 1 amide bonds. The van der Waals surface area contributed by atoms with Gasteiger partial charge in [-0.25, -0.2) is 8.42 Å². The van der Waals surface area contributed by atoms with E-state index in [-0.39, 0.29) is 15.5 Å². The normalized spacial score (nSPS) is 11.4. The molecule has 0 aromatic heterocycles. The van der Waals surface area contributed by atoms with Crippen LogP contribution in [0.3, 0.4) is 0 Å². The average molecular weight is 389 g/mol. The molecular weight excluding hydrogens is 377 g/mol. The summed E-state index contributed by atoms with van der Waals surface area (Å²) in [5.41, 5.74) is 0.0753. The molecule has 0 unspecified atom stereocenters. The minimum absolute atomic E-state index is 0.0753. The third kappa shape index (κ3) is 4.63. The van der Waals surface area contributed by atoms with Crippen LogP contribution in [0.25, 0.3) is 0 Å². The Kier molecular flexibility index (Phi) is 6.11. The molecule has 1 aromatic rings. The fourth-order valence-electron chi connectivity index (χ4n) is 1.34. The van der Waals surface area contributed by atoms with Crippen molar-refractivity contribution in [3.8, 4) is 0 Å². The van der Waals surface area contributed by atoms with Crippen LogP contribution in [0.5, 0.6) is 0 Å². The Labute approximate surface area is 130 Å². The molecule has 0 radical (unpaired) electrons. The Morgan fingerprint density at radius 3 is 2.58 bits per heavy atom. The number of benzene rings is 1. The van der Waals surface area contributed by atoms with Crippen molar-refractivity contribution < 1.29 is 13.2 Å². The topological polar surface area (TPSA) is 63.2 Å². The Morgan fingerprint density at radius 2 is 2.05 bits per heavy atom. The van der Waals surface area contributed by atoms with Gasteiger partial charge in [0.25, 0.3) is 15.0 Å². The molecular formula is C11H12BrCl2NO3S. The van der Waals surface area contributed by atoms with Crippen LogP contribution in [-0.4, -0.2) is 20.9 Å². The number of hydrogen-bond acceptors (Lipinski definition) is 3. The molecule has 0 spiro atoms. The monoisotopic (exact) mass is 387 g/mol. The van der Waals surface area contributed by atoms with E-state index in [0.29, 0.717) is 11.0 Å². The molecule has 0 atom stereocenters. The first-order valence-corrected chi connectivity index (χ1v) is 8.97. The Morgan fingerprint density at radius 1 is 1.42 bits per heavy atom. The standard InChI is InChI=1S/C11H12BrCl2NO3S/c1-2-3-4-15-11(16)8-5-7(19(14,17)18)6-9(12)10(8)13/h5-6H,2-4H2,1H3,(H,15,16). The molecule has 1 aromatic carbocycles. The van der Waals surface area contributed by atoms with E-state index >= 15 is 0 Å². The number of unbranched alkanes of at least 4 members (excludes halogenated alkanes) is 1. The minimum atomic E-state index is -3.92. The van der Waals surface area contributed by atoms with Crippen LogP contribution in [0.2, 0.25) is 5.02 Å². The lowest BCUT2D eigenvalue weighted by Gasteiger charge is -2.09. The number of halogens is 3. The zero-order valence-electron chi connectivity index (χ0n) is 10.0. The smallest absolute Gasteiger partial charge is 0.261 e. The largest absolute Gasteiger partial charge is 0.352 e. The molecule has 0 aliphatic heterocycles. The van der Waals surface area contributed by atoms with Crippen LogP contribution in [0.1, 0.15) is 30.1 Å². The van der Waals surface area contributed by atoms with E-state index in [4.69, 9.17) is 22.3 Å². The van der Waals surface area contributed by atoms with E-state index in [1.807, 2.05) is 6.92 Å². The summed E-state index contributed by atoms with van der Waals surface area (Å²) in [6, 6.07) is 2.42. The first-order valence-electron chi connectivity index (χ1n) is 5.49. The second kappa shape index (κ2) is 6.92. The van der Waals surface area contributed by atoms with Crippen molar-refractivity contribution >= 4 is 53.2 Å². The summed E-state index contributed by atoms with van der Waals surface area (Å²) in [6.07, 6.45) is 1.77. The van der Waals surface area contributed by atoms with Crippen molar-refractivity contribution in [1.82, 2.24) is 5.32 Å². The number of rotatable bonds is 5. The predicted octanol–water partition coefficient (Wildman–Crippen LogP) is 3.56. The lowest BCUT2D eigenvalue weighted by atomic mass is 10.2. The van der Waals surface area contributed by atoms with Gasteiger partial charge in [-0.3, -0.25) is 4.79 Å². The molecule has 8 heteroatoms. The molecule has 4 nitrogen and oxygen atoms in total. The van der Waals surface area contributed by atoms with Gasteiger partial charge in [-0.2, -0.15) is 0 Å². The number of nitrogens with one attached hydrogen (secondary N) is 1. The van der Waals surface area contributed by atoms with Gasteiger partial charge in [-0.05, 0) is 34.5 Å². The maximum absolute atomic E-state index is 11.9. The maximum Gasteiger partial charge on any atom is 0.261 e. The van der Waals surface area contributed by atoms with Crippen molar-refractivity contribution in [2.75, 3.05) is 6.54 Å². The summed E-state index contributed by atoms with van der Waals surface area (Å²) in [7, 11) is 1.34. The van der Waals surface area contributed by atoms with Crippen molar-refractivity contribution in [3.05, 3.63) is 27.2 Å². The maximum atomic E-state index is 11.9. The fourth-order valence-corrected chi connectivity index (χ4v) is 2.94. The highest BCUT2D eigenvalue weighted by Crippen LogP contribution is 2.31. The quantitative estimate of drug-likeness (QED) is 0.619. The second-order valence-electron chi connectivity index (χ2n) is 3.81. The summed E-state index contributed by atoms with van der Waals surface area (Å²) in [5.74, 6) is -0.429. The summed E-state index contributed by atoms with van der Waals surface area (Å²) in [5, 5.41) is 2.82. The van der Waals surface area contributed by atoms with Crippen LogP contribution >= 0.6 is 38.2 Å². The van der Waals surface area contributed by atoms with E-state index in [0.717, 1.165) is 18.9 Å². The zero-order chi connectivity index (χ0) is 14.6. The summed E-state index contributed by atoms with van der Waals surface area (Å²) in [4.78, 5) is 11.7. The Balaban J connectivity index is 3.13. The van der Waals surface area contributed by atoms with Crippen LogP contribution in [0.15, 0.2) is 21.5 Å². The lowest BCUT2D eigenvalue weighted by Crippen LogP contribution is -2.25. The number of hydrogen-bond donors (Lipinski definition) is 1. The first-order chi connectivity index (χ1) is 8.77. The van der Waals surface area contributed by atoms with E-state index in [1.54, 1.807) is 0 Å². The van der Waals surface area contributed by atoms with Gasteiger partial charge in [0.1, 0.15) is 0 Å². The van der Waals surface area contributed by atoms with Gasteiger partial charge < -0.3 is 5.32 Å². The molecule has 0 saturated carbocycles.